The minimum absolute atomic E-state index is 0.199. The number of hydrogen-bond acceptors (Lipinski definition) is 3. The molecule has 0 aromatic carbocycles. The van der Waals surface area contributed by atoms with Crippen molar-refractivity contribution in [3.63, 3.8) is 0 Å². The van der Waals surface area contributed by atoms with E-state index in [0.29, 0.717) is 4.88 Å². The molecule has 0 saturated carbocycles. The number of aliphatic carboxylic acids is 1. The Kier molecular flexibility index (Phi) is 4.69. The predicted octanol–water partition coefficient (Wildman–Crippen LogP) is 2.15. The Balaban J connectivity index is 2.63. The molecule has 0 radical (unpaired) electrons. The summed E-state index contributed by atoms with van der Waals surface area (Å²) in [6, 6.07) is 3.31. The van der Waals surface area contributed by atoms with E-state index in [-0.39, 0.29) is 11.9 Å². The Hall–Kier alpha value is -1.36. The molecule has 2 atom stereocenters. The van der Waals surface area contributed by atoms with E-state index >= 15 is 0 Å². The van der Waals surface area contributed by atoms with Crippen LogP contribution in [0.4, 0.5) is 0 Å². The second kappa shape index (κ2) is 5.82. The summed E-state index contributed by atoms with van der Waals surface area (Å²) in [5.74, 6) is -1.70. The van der Waals surface area contributed by atoms with Crippen LogP contribution in [0.3, 0.4) is 0 Å². The third kappa shape index (κ3) is 3.56. The van der Waals surface area contributed by atoms with Crippen LogP contribution in [0.15, 0.2) is 12.1 Å². The molecule has 0 fully saturated rings. The van der Waals surface area contributed by atoms with Crippen LogP contribution in [0.1, 0.15) is 35.3 Å². The van der Waals surface area contributed by atoms with Gasteiger partial charge in [0.2, 0.25) is 0 Å². The number of amides is 1. The molecular formula is C12H17NO3S. The lowest BCUT2D eigenvalue weighted by Gasteiger charge is -2.17. The van der Waals surface area contributed by atoms with Crippen molar-refractivity contribution < 1.29 is 14.7 Å². The van der Waals surface area contributed by atoms with Crippen LogP contribution >= 0.6 is 11.3 Å². The molecule has 1 heterocycles. The lowest BCUT2D eigenvalue weighted by molar-refractivity contribution is -0.141. The molecule has 94 valence electrons. The van der Waals surface area contributed by atoms with E-state index in [4.69, 9.17) is 5.11 Å². The molecular weight excluding hydrogens is 238 g/mol. The van der Waals surface area contributed by atoms with Crippen LogP contribution in [0.2, 0.25) is 0 Å². The number of carbonyl (C=O) groups excluding carboxylic acids is 1. The summed E-state index contributed by atoms with van der Waals surface area (Å²) in [7, 11) is 0. The normalized spacial score (nSPS) is 14.1. The molecule has 17 heavy (non-hydrogen) atoms. The first-order valence-electron chi connectivity index (χ1n) is 5.58. The molecule has 0 bridgehead atoms. The summed E-state index contributed by atoms with van der Waals surface area (Å²) in [6.45, 7) is 5.31. The van der Waals surface area contributed by atoms with E-state index < -0.39 is 11.9 Å². The number of thiophene rings is 1. The molecule has 1 amide bonds. The van der Waals surface area contributed by atoms with Gasteiger partial charge in [0.15, 0.2) is 0 Å². The molecule has 0 aliphatic rings. The highest BCUT2D eigenvalue weighted by Gasteiger charge is 2.21. The molecule has 2 unspecified atom stereocenters. The molecule has 0 spiro atoms. The van der Waals surface area contributed by atoms with Crippen molar-refractivity contribution in [1.82, 2.24) is 5.32 Å². The zero-order valence-corrected chi connectivity index (χ0v) is 11.0. The molecule has 1 aromatic heterocycles. The van der Waals surface area contributed by atoms with Crippen molar-refractivity contribution >= 4 is 23.2 Å². The lowest BCUT2D eigenvalue weighted by atomic mass is 10.0. The van der Waals surface area contributed by atoms with E-state index in [0.717, 1.165) is 11.3 Å². The maximum atomic E-state index is 11.8. The van der Waals surface area contributed by atoms with Gasteiger partial charge in [-0.05, 0) is 32.4 Å². The van der Waals surface area contributed by atoms with Crippen LogP contribution in [-0.4, -0.2) is 23.0 Å². The van der Waals surface area contributed by atoms with Gasteiger partial charge in [-0.3, -0.25) is 9.59 Å². The minimum Gasteiger partial charge on any atom is -0.481 e. The smallest absolute Gasteiger partial charge is 0.308 e. The largest absolute Gasteiger partial charge is 0.481 e. The van der Waals surface area contributed by atoms with Crippen LogP contribution in [-0.2, 0) is 11.2 Å². The third-order valence-corrected chi connectivity index (χ3v) is 3.96. The second-order valence-corrected chi connectivity index (χ2v) is 5.18. The van der Waals surface area contributed by atoms with Crippen LogP contribution in [0, 0.1) is 5.92 Å². The van der Waals surface area contributed by atoms with Crippen molar-refractivity contribution in [2.24, 2.45) is 5.92 Å². The maximum Gasteiger partial charge on any atom is 0.308 e. The molecule has 1 aromatic rings. The van der Waals surface area contributed by atoms with Gasteiger partial charge in [0.05, 0.1) is 10.8 Å². The topological polar surface area (TPSA) is 66.4 Å². The van der Waals surface area contributed by atoms with Crippen molar-refractivity contribution in [1.29, 1.82) is 0 Å². The molecule has 0 saturated heterocycles. The average molecular weight is 255 g/mol. The highest BCUT2D eigenvalue weighted by Crippen LogP contribution is 2.17. The first-order valence-corrected chi connectivity index (χ1v) is 6.39. The number of carbonyl (C=O) groups is 2. The summed E-state index contributed by atoms with van der Waals surface area (Å²) in [6.07, 6.45) is 0.902. The Morgan fingerprint density at radius 3 is 2.53 bits per heavy atom. The number of nitrogens with one attached hydrogen (secondary N) is 1. The van der Waals surface area contributed by atoms with E-state index in [1.807, 2.05) is 13.0 Å². The first kappa shape index (κ1) is 13.7. The summed E-state index contributed by atoms with van der Waals surface area (Å²) < 4.78 is 0. The van der Waals surface area contributed by atoms with Crippen molar-refractivity contribution in [2.45, 2.75) is 33.2 Å². The van der Waals surface area contributed by atoms with E-state index in [2.05, 4.69) is 5.32 Å². The van der Waals surface area contributed by atoms with Crippen LogP contribution < -0.4 is 5.32 Å². The third-order valence-electron chi connectivity index (χ3n) is 2.73. The van der Waals surface area contributed by atoms with Crippen LogP contribution in [0.25, 0.3) is 0 Å². The SMILES string of the molecule is CCc1ccc(C(=O)NC(C)C(C)C(=O)O)s1. The van der Waals surface area contributed by atoms with Gasteiger partial charge < -0.3 is 10.4 Å². The number of carboxylic acids is 1. The van der Waals surface area contributed by atoms with Crippen molar-refractivity contribution in [2.75, 3.05) is 0 Å². The number of rotatable bonds is 5. The Bertz CT molecular complexity index is 414. The summed E-state index contributed by atoms with van der Waals surface area (Å²) in [4.78, 5) is 24.4. The van der Waals surface area contributed by atoms with E-state index in [9.17, 15) is 9.59 Å². The number of hydrogen-bond donors (Lipinski definition) is 2. The van der Waals surface area contributed by atoms with Crippen LogP contribution in [0.5, 0.6) is 0 Å². The Morgan fingerprint density at radius 1 is 1.41 bits per heavy atom. The quantitative estimate of drug-likeness (QED) is 0.847. The zero-order chi connectivity index (χ0) is 13.0. The number of carboxylic acid groups (broad SMARTS) is 1. The van der Waals surface area contributed by atoms with E-state index in [1.165, 1.54) is 11.3 Å². The predicted molar refractivity (Wildman–Crippen MR) is 67.4 cm³/mol. The first-order chi connectivity index (χ1) is 7.95. The lowest BCUT2D eigenvalue weighted by Crippen LogP contribution is -2.39. The summed E-state index contributed by atoms with van der Waals surface area (Å²) >= 11 is 1.44. The van der Waals surface area contributed by atoms with Crippen molar-refractivity contribution in [3.05, 3.63) is 21.9 Å². The average Bonchev–Trinajstić information content (AvgIpc) is 2.76. The maximum absolute atomic E-state index is 11.8. The highest BCUT2D eigenvalue weighted by molar-refractivity contribution is 7.14. The molecule has 4 nitrogen and oxygen atoms in total. The molecule has 5 heteroatoms. The number of aryl methyl sites for hydroxylation is 1. The Morgan fingerprint density at radius 2 is 2.06 bits per heavy atom. The molecule has 1 rings (SSSR count). The standard InChI is InChI=1S/C12H17NO3S/c1-4-9-5-6-10(17-9)11(14)13-8(3)7(2)12(15)16/h5-8H,4H2,1-3H3,(H,13,14)(H,15,16). The van der Waals surface area contributed by atoms with Gasteiger partial charge in [0.1, 0.15) is 0 Å². The highest BCUT2D eigenvalue weighted by atomic mass is 32.1. The monoisotopic (exact) mass is 255 g/mol. The fourth-order valence-electron chi connectivity index (χ4n) is 1.31. The van der Waals surface area contributed by atoms with Gasteiger partial charge in [-0.15, -0.1) is 11.3 Å². The fraction of sp³-hybridized carbons (Fsp3) is 0.500. The van der Waals surface area contributed by atoms with Crippen molar-refractivity contribution in [3.8, 4) is 0 Å². The molecule has 2 N–H and O–H groups in total. The Labute approximate surface area is 105 Å². The second-order valence-electron chi connectivity index (χ2n) is 4.01. The van der Waals surface area contributed by atoms with Gasteiger partial charge in [0, 0.05) is 10.9 Å². The van der Waals surface area contributed by atoms with Gasteiger partial charge in [-0.2, -0.15) is 0 Å². The van der Waals surface area contributed by atoms with Gasteiger partial charge in [0.25, 0.3) is 5.91 Å². The fourth-order valence-corrected chi connectivity index (χ4v) is 2.16. The minimum atomic E-state index is -0.904. The van der Waals surface area contributed by atoms with Gasteiger partial charge in [-0.25, -0.2) is 0 Å². The van der Waals surface area contributed by atoms with E-state index in [1.54, 1.807) is 19.9 Å². The van der Waals surface area contributed by atoms with Gasteiger partial charge in [-0.1, -0.05) is 6.92 Å². The van der Waals surface area contributed by atoms with Gasteiger partial charge >= 0.3 is 5.97 Å². The summed E-state index contributed by atoms with van der Waals surface area (Å²) in [5, 5.41) is 11.5. The summed E-state index contributed by atoms with van der Waals surface area (Å²) in [5.41, 5.74) is 0. The molecule has 0 aliphatic carbocycles. The zero-order valence-electron chi connectivity index (χ0n) is 10.2. The molecule has 0 aliphatic heterocycles.